The summed E-state index contributed by atoms with van der Waals surface area (Å²) in [7, 11) is 0. The third-order valence-corrected chi connectivity index (χ3v) is 7.84. The number of fused-ring (bicyclic) bond motifs is 4. The number of rotatable bonds is 7. The maximum atomic E-state index is 12.6. The average Bonchev–Trinajstić information content (AvgIpc) is 3.34. The molecule has 0 spiro atoms. The van der Waals surface area contributed by atoms with Crippen LogP contribution in [0.3, 0.4) is 0 Å². The zero-order valence-corrected chi connectivity index (χ0v) is 19.2. The van der Waals surface area contributed by atoms with Gasteiger partial charge in [0.15, 0.2) is 0 Å². The van der Waals surface area contributed by atoms with Crippen LogP contribution in [0.4, 0.5) is 4.79 Å². The standard InChI is InChI=1S/C27H30N2O5/c1-15(25(30)29-24-12-16-10-17(26(31)32)11-22(16)24)13-28-27(33)34-14-23-20-8-4-2-6-18(20)19-7-3-5-9-21(19)23/h2-9,15-17,22-24H,10-14H2,1H3,(H,28,33)(H,29,30)(H,31,32)/t15?,16-,17?,22-,24+/m1/s1. The molecule has 2 amide bonds. The first-order chi connectivity index (χ1) is 16.4. The number of ether oxygens (including phenoxy) is 1. The number of hydrogen-bond donors (Lipinski definition) is 3. The lowest BCUT2D eigenvalue weighted by Crippen LogP contribution is -2.52. The Morgan fingerprint density at radius 1 is 1.00 bits per heavy atom. The third kappa shape index (κ3) is 4.15. The Morgan fingerprint density at radius 2 is 1.65 bits per heavy atom. The van der Waals surface area contributed by atoms with Gasteiger partial charge < -0.3 is 20.5 Å². The molecule has 3 aliphatic carbocycles. The number of benzene rings is 2. The molecular formula is C27H30N2O5. The maximum absolute atomic E-state index is 12.6. The van der Waals surface area contributed by atoms with Crippen molar-refractivity contribution < 1.29 is 24.2 Å². The zero-order chi connectivity index (χ0) is 23.8. The highest BCUT2D eigenvalue weighted by Gasteiger charge is 2.50. The molecule has 0 heterocycles. The minimum absolute atomic E-state index is 0.00789. The monoisotopic (exact) mass is 462 g/mol. The van der Waals surface area contributed by atoms with E-state index in [2.05, 4.69) is 34.9 Å². The second kappa shape index (κ2) is 9.12. The van der Waals surface area contributed by atoms with Gasteiger partial charge >= 0.3 is 12.1 Å². The molecule has 2 aromatic rings. The molecule has 0 aliphatic heterocycles. The van der Waals surface area contributed by atoms with Gasteiger partial charge in [-0.2, -0.15) is 0 Å². The summed E-state index contributed by atoms with van der Waals surface area (Å²) >= 11 is 0. The van der Waals surface area contributed by atoms with Gasteiger partial charge in [0, 0.05) is 18.5 Å². The lowest BCUT2D eigenvalue weighted by atomic mass is 9.71. The number of carboxylic acids is 1. The van der Waals surface area contributed by atoms with Crippen molar-refractivity contribution in [2.75, 3.05) is 13.2 Å². The second-order valence-electron chi connectivity index (χ2n) is 9.89. The molecule has 7 nitrogen and oxygen atoms in total. The SMILES string of the molecule is CC(CNC(=O)OCC1c2ccccc2-c2ccccc21)C(=O)N[C@H]1C[C@H]2CC(C(=O)O)C[C@H]21. The molecule has 3 N–H and O–H groups in total. The Hall–Kier alpha value is -3.35. The maximum Gasteiger partial charge on any atom is 0.407 e. The van der Waals surface area contributed by atoms with Gasteiger partial charge in [-0.15, -0.1) is 0 Å². The fourth-order valence-electron chi connectivity index (χ4n) is 5.90. The Labute approximate surface area is 198 Å². The van der Waals surface area contributed by atoms with Crippen molar-refractivity contribution in [2.24, 2.45) is 23.7 Å². The van der Waals surface area contributed by atoms with Crippen molar-refractivity contribution in [1.82, 2.24) is 10.6 Å². The van der Waals surface area contributed by atoms with E-state index in [-0.39, 0.29) is 42.9 Å². The second-order valence-corrected chi connectivity index (χ2v) is 9.89. The number of carbonyl (C=O) groups is 3. The molecule has 3 aliphatic rings. The molecule has 34 heavy (non-hydrogen) atoms. The van der Waals surface area contributed by atoms with Crippen LogP contribution in [0.5, 0.6) is 0 Å². The smallest absolute Gasteiger partial charge is 0.407 e. The summed E-state index contributed by atoms with van der Waals surface area (Å²) in [5.41, 5.74) is 4.65. The molecule has 2 saturated carbocycles. The summed E-state index contributed by atoms with van der Waals surface area (Å²) in [5, 5.41) is 15.0. The number of carbonyl (C=O) groups excluding carboxylic acids is 2. The molecule has 2 aromatic carbocycles. The first kappa shape index (κ1) is 22.4. The fourth-order valence-corrected chi connectivity index (χ4v) is 5.90. The van der Waals surface area contributed by atoms with E-state index in [0.717, 1.165) is 17.5 Å². The molecule has 0 bridgehead atoms. The van der Waals surface area contributed by atoms with Crippen molar-refractivity contribution in [1.29, 1.82) is 0 Å². The van der Waals surface area contributed by atoms with E-state index < -0.39 is 18.0 Å². The molecule has 7 heteroatoms. The summed E-state index contributed by atoms with van der Waals surface area (Å²) < 4.78 is 5.54. The average molecular weight is 463 g/mol. The van der Waals surface area contributed by atoms with Gasteiger partial charge in [0.25, 0.3) is 0 Å². The van der Waals surface area contributed by atoms with Crippen molar-refractivity contribution in [3.8, 4) is 11.1 Å². The number of nitrogens with one attached hydrogen (secondary N) is 2. The van der Waals surface area contributed by atoms with E-state index in [1.54, 1.807) is 6.92 Å². The van der Waals surface area contributed by atoms with E-state index in [0.29, 0.717) is 18.8 Å². The van der Waals surface area contributed by atoms with Gasteiger partial charge in [-0.25, -0.2) is 4.79 Å². The number of carboxylic acid groups (broad SMARTS) is 1. The van der Waals surface area contributed by atoms with Gasteiger partial charge in [0.2, 0.25) is 5.91 Å². The van der Waals surface area contributed by atoms with Crippen LogP contribution in [0.25, 0.3) is 11.1 Å². The lowest BCUT2D eigenvalue weighted by Gasteiger charge is -2.41. The van der Waals surface area contributed by atoms with Gasteiger partial charge in [0.1, 0.15) is 6.61 Å². The third-order valence-electron chi connectivity index (χ3n) is 7.84. The summed E-state index contributed by atoms with van der Waals surface area (Å²) in [6.45, 7) is 2.18. The van der Waals surface area contributed by atoms with Crippen molar-refractivity contribution in [3.05, 3.63) is 59.7 Å². The molecular weight excluding hydrogens is 432 g/mol. The van der Waals surface area contributed by atoms with Crippen LogP contribution in [-0.4, -0.2) is 42.3 Å². The molecule has 0 radical (unpaired) electrons. The fraction of sp³-hybridized carbons (Fsp3) is 0.444. The van der Waals surface area contributed by atoms with Gasteiger partial charge in [-0.1, -0.05) is 55.5 Å². The number of aliphatic carboxylic acids is 1. The summed E-state index contributed by atoms with van der Waals surface area (Å²) in [6, 6.07) is 16.4. The summed E-state index contributed by atoms with van der Waals surface area (Å²) in [6.07, 6.45) is 1.65. The molecule has 2 fully saturated rings. The molecule has 0 saturated heterocycles. The molecule has 0 aromatic heterocycles. The molecule has 178 valence electrons. The van der Waals surface area contributed by atoms with Crippen LogP contribution in [0.1, 0.15) is 43.2 Å². The highest BCUT2D eigenvalue weighted by atomic mass is 16.5. The minimum atomic E-state index is -0.736. The van der Waals surface area contributed by atoms with Crippen LogP contribution >= 0.6 is 0 Å². The lowest BCUT2D eigenvalue weighted by molar-refractivity contribution is -0.141. The van der Waals surface area contributed by atoms with Crippen molar-refractivity contribution >= 4 is 18.0 Å². The van der Waals surface area contributed by atoms with E-state index in [4.69, 9.17) is 4.74 Å². The highest BCUT2D eigenvalue weighted by molar-refractivity contribution is 5.80. The van der Waals surface area contributed by atoms with Crippen LogP contribution in [-0.2, 0) is 14.3 Å². The number of hydrogen-bond acceptors (Lipinski definition) is 4. The number of amides is 2. The Kier molecular flexibility index (Phi) is 6.02. The van der Waals surface area contributed by atoms with Crippen molar-refractivity contribution in [3.63, 3.8) is 0 Å². The predicted octanol–water partition coefficient (Wildman–Crippen LogP) is 3.78. The van der Waals surface area contributed by atoms with E-state index in [1.165, 1.54) is 11.1 Å². The first-order valence-corrected chi connectivity index (χ1v) is 12.0. The highest BCUT2D eigenvalue weighted by Crippen LogP contribution is 2.50. The first-order valence-electron chi connectivity index (χ1n) is 12.0. The Balaban J connectivity index is 1.08. The van der Waals surface area contributed by atoms with Crippen molar-refractivity contribution in [2.45, 2.75) is 38.1 Å². The molecule has 5 rings (SSSR count). The largest absolute Gasteiger partial charge is 0.481 e. The van der Waals surface area contributed by atoms with Crippen LogP contribution in [0.2, 0.25) is 0 Å². The minimum Gasteiger partial charge on any atom is -0.481 e. The summed E-state index contributed by atoms with van der Waals surface area (Å²) in [5.74, 6) is -0.901. The van der Waals surface area contributed by atoms with E-state index in [1.807, 2.05) is 24.3 Å². The van der Waals surface area contributed by atoms with Gasteiger partial charge in [-0.05, 0) is 53.4 Å². The van der Waals surface area contributed by atoms with Crippen LogP contribution in [0, 0.1) is 23.7 Å². The predicted molar refractivity (Wildman–Crippen MR) is 126 cm³/mol. The van der Waals surface area contributed by atoms with Crippen LogP contribution < -0.4 is 10.6 Å². The zero-order valence-electron chi connectivity index (χ0n) is 19.2. The van der Waals surface area contributed by atoms with E-state index >= 15 is 0 Å². The topological polar surface area (TPSA) is 105 Å². The Morgan fingerprint density at radius 3 is 2.29 bits per heavy atom. The normalized spacial score (nSPS) is 25.3. The molecule has 2 unspecified atom stereocenters. The molecule has 5 atom stereocenters. The van der Waals surface area contributed by atoms with E-state index in [9.17, 15) is 19.5 Å². The number of alkyl carbamates (subject to hydrolysis) is 1. The quantitative estimate of drug-likeness (QED) is 0.581. The van der Waals surface area contributed by atoms with Crippen LogP contribution in [0.15, 0.2) is 48.5 Å². The summed E-state index contributed by atoms with van der Waals surface area (Å²) in [4.78, 5) is 36.2. The van der Waals surface area contributed by atoms with Gasteiger partial charge in [0.05, 0.1) is 11.8 Å². The Bertz CT molecular complexity index is 1070. The van der Waals surface area contributed by atoms with Gasteiger partial charge in [-0.3, -0.25) is 9.59 Å².